The smallest absolute Gasteiger partial charge is 0.0668 e. The van der Waals surface area contributed by atoms with Crippen LogP contribution in [0.5, 0.6) is 0 Å². The van der Waals surface area contributed by atoms with Crippen molar-refractivity contribution in [3.8, 4) is 0 Å². The quantitative estimate of drug-likeness (QED) is 0.702. The van der Waals surface area contributed by atoms with E-state index in [1.807, 2.05) is 6.92 Å². The minimum absolute atomic E-state index is 0.195. The summed E-state index contributed by atoms with van der Waals surface area (Å²) in [5.74, 6) is 0.390. The topological polar surface area (TPSA) is 51.8 Å². The van der Waals surface area contributed by atoms with Crippen LogP contribution in [0.15, 0.2) is 12.4 Å². The SMILES string of the molecule is Cc1nccnc1[C@@H]1[C@@H](N)C1(C)C. The minimum Gasteiger partial charge on any atom is -0.327 e. The molecule has 0 bridgehead atoms. The van der Waals surface area contributed by atoms with Crippen molar-refractivity contribution in [2.75, 3.05) is 0 Å². The van der Waals surface area contributed by atoms with Gasteiger partial charge >= 0.3 is 0 Å². The van der Waals surface area contributed by atoms with Gasteiger partial charge in [-0.3, -0.25) is 9.97 Å². The van der Waals surface area contributed by atoms with Crippen molar-refractivity contribution in [3.05, 3.63) is 23.8 Å². The molecule has 1 aromatic heterocycles. The average molecular weight is 177 g/mol. The van der Waals surface area contributed by atoms with Crippen molar-refractivity contribution in [1.29, 1.82) is 0 Å². The van der Waals surface area contributed by atoms with Crippen molar-refractivity contribution >= 4 is 0 Å². The first-order valence-electron chi connectivity index (χ1n) is 4.58. The lowest BCUT2D eigenvalue weighted by Crippen LogP contribution is -2.07. The standard InChI is InChI=1S/C10H15N3/c1-6-8(13-5-4-12-6)7-9(11)10(7,2)3/h4-5,7,9H,11H2,1-3H3/t7-,9-/m1/s1. The molecule has 0 aromatic carbocycles. The number of aryl methyl sites for hydroxylation is 1. The van der Waals surface area contributed by atoms with E-state index >= 15 is 0 Å². The van der Waals surface area contributed by atoms with Gasteiger partial charge in [0.2, 0.25) is 0 Å². The molecule has 70 valence electrons. The van der Waals surface area contributed by atoms with Gasteiger partial charge in [-0.1, -0.05) is 13.8 Å². The Labute approximate surface area is 78.4 Å². The van der Waals surface area contributed by atoms with Crippen LogP contribution in [0.3, 0.4) is 0 Å². The van der Waals surface area contributed by atoms with Crippen molar-refractivity contribution in [2.24, 2.45) is 11.1 Å². The summed E-state index contributed by atoms with van der Waals surface area (Å²) in [4.78, 5) is 8.57. The van der Waals surface area contributed by atoms with E-state index in [0.29, 0.717) is 5.92 Å². The number of nitrogens with zero attached hydrogens (tertiary/aromatic N) is 2. The Balaban J connectivity index is 2.34. The Morgan fingerprint density at radius 2 is 1.85 bits per heavy atom. The van der Waals surface area contributed by atoms with Gasteiger partial charge in [0.25, 0.3) is 0 Å². The predicted molar refractivity (Wildman–Crippen MR) is 51.3 cm³/mol. The van der Waals surface area contributed by atoms with Gasteiger partial charge in [-0.15, -0.1) is 0 Å². The summed E-state index contributed by atoms with van der Waals surface area (Å²) < 4.78 is 0. The molecule has 0 amide bonds. The van der Waals surface area contributed by atoms with Gasteiger partial charge in [0.15, 0.2) is 0 Å². The molecule has 2 atom stereocenters. The molecule has 0 radical (unpaired) electrons. The van der Waals surface area contributed by atoms with Crippen LogP contribution in [0, 0.1) is 12.3 Å². The molecule has 0 unspecified atom stereocenters. The highest BCUT2D eigenvalue weighted by Crippen LogP contribution is 2.57. The fourth-order valence-electron chi connectivity index (χ4n) is 1.92. The number of aromatic nitrogens is 2. The second kappa shape index (κ2) is 2.51. The fourth-order valence-corrected chi connectivity index (χ4v) is 1.92. The summed E-state index contributed by atoms with van der Waals surface area (Å²) in [5.41, 5.74) is 8.25. The van der Waals surface area contributed by atoms with E-state index in [2.05, 4.69) is 23.8 Å². The first-order valence-corrected chi connectivity index (χ1v) is 4.58. The van der Waals surface area contributed by atoms with Crippen LogP contribution in [0.25, 0.3) is 0 Å². The lowest BCUT2D eigenvalue weighted by Gasteiger charge is -2.03. The second-order valence-electron chi connectivity index (χ2n) is 4.35. The molecule has 0 spiro atoms. The fraction of sp³-hybridized carbons (Fsp3) is 0.600. The molecule has 1 aliphatic rings. The van der Waals surface area contributed by atoms with E-state index in [4.69, 9.17) is 5.73 Å². The van der Waals surface area contributed by atoms with Crippen LogP contribution in [-0.2, 0) is 0 Å². The van der Waals surface area contributed by atoms with Crippen LogP contribution >= 0.6 is 0 Å². The van der Waals surface area contributed by atoms with Crippen molar-refractivity contribution in [3.63, 3.8) is 0 Å². The van der Waals surface area contributed by atoms with Crippen molar-refractivity contribution < 1.29 is 0 Å². The number of hydrogen-bond acceptors (Lipinski definition) is 3. The molecule has 2 N–H and O–H groups in total. The molecule has 1 aliphatic carbocycles. The van der Waals surface area contributed by atoms with Gasteiger partial charge in [-0.25, -0.2) is 0 Å². The molecule has 1 heterocycles. The molecule has 0 saturated heterocycles. The highest BCUT2D eigenvalue weighted by atomic mass is 14.9. The van der Waals surface area contributed by atoms with E-state index in [1.165, 1.54) is 0 Å². The zero-order chi connectivity index (χ0) is 9.64. The van der Waals surface area contributed by atoms with Gasteiger partial charge in [0, 0.05) is 24.4 Å². The van der Waals surface area contributed by atoms with Crippen LogP contribution < -0.4 is 5.73 Å². The van der Waals surface area contributed by atoms with Gasteiger partial charge in [0.05, 0.1) is 11.4 Å². The molecular formula is C10H15N3. The highest BCUT2D eigenvalue weighted by molar-refractivity contribution is 5.31. The zero-order valence-corrected chi connectivity index (χ0v) is 8.28. The third kappa shape index (κ3) is 1.15. The van der Waals surface area contributed by atoms with Gasteiger partial charge < -0.3 is 5.73 Å². The molecule has 0 aliphatic heterocycles. The second-order valence-corrected chi connectivity index (χ2v) is 4.35. The molecule has 3 heteroatoms. The summed E-state index contributed by atoms with van der Waals surface area (Å²) in [6.07, 6.45) is 3.46. The highest BCUT2D eigenvalue weighted by Gasteiger charge is 2.57. The normalized spacial score (nSPS) is 30.2. The summed E-state index contributed by atoms with van der Waals surface area (Å²) >= 11 is 0. The first kappa shape index (κ1) is 8.63. The monoisotopic (exact) mass is 177 g/mol. The van der Waals surface area contributed by atoms with E-state index in [1.54, 1.807) is 12.4 Å². The summed E-state index contributed by atoms with van der Waals surface area (Å²) in [7, 11) is 0. The number of hydrogen-bond donors (Lipinski definition) is 1. The molecule has 13 heavy (non-hydrogen) atoms. The van der Waals surface area contributed by atoms with Gasteiger partial charge in [0.1, 0.15) is 0 Å². The van der Waals surface area contributed by atoms with Crippen LogP contribution in [0.2, 0.25) is 0 Å². The maximum absolute atomic E-state index is 5.98. The summed E-state index contributed by atoms with van der Waals surface area (Å²) in [6.45, 7) is 6.34. The van der Waals surface area contributed by atoms with Crippen LogP contribution in [-0.4, -0.2) is 16.0 Å². The van der Waals surface area contributed by atoms with E-state index < -0.39 is 0 Å². The first-order chi connectivity index (χ1) is 6.05. The molecular weight excluding hydrogens is 162 g/mol. The van der Waals surface area contributed by atoms with E-state index in [-0.39, 0.29) is 11.5 Å². The molecule has 1 aromatic rings. The lowest BCUT2D eigenvalue weighted by atomic mass is 10.1. The summed E-state index contributed by atoms with van der Waals surface area (Å²) in [6, 6.07) is 0.239. The predicted octanol–water partition coefficient (Wildman–Crippen LogP) is 1.24. The van der Waals surface area contributed by atoms with Crippen molar-refractivity contribution in [1.82, 2.24) is 9.97 Å². The third-order valence-corrected chi connectivity index (χ3v) is 3.12. The largest absolute Gasteiger partial charge is 0.327 e. The van der Waals surface area contributed by atoms with Gasteiger partial charge in [-0.05, 0) is 12.3 Å². The minimum atomic E-state index is 0.195. The molecule has 2 rings (SSSR count). The molecule has 1 fully saturated rings. The van der Waals surface area contributed by atoms with E-state index in [0.717, 1.165) is 11.4 Å². The Morgan fingerprint density at radius 3 is 2.31 bits per heavy atom. The van der Waals surface area contributed by atoms with Crippen LogP contribution in [0.4, 0.5) is 0 Å². The summed E-state index contributed by atoms with van der Waals surface area (Å²) in [5, 5.41) is 0. The average Bonchev–Trinajstić information content (AvgIpc) is 2.54. The Hall–Kier alpha value is -0.960. The maximum Gasteiger partial charge on any atom is 0.0668 e. The Morgan fingerprint density at radius 1 is 1.31 bits per heavy atom. The Kier molecular flexibility index (Phi) is 1.67. The van der Waals surface area contributed by atoms with E-state index in [9.17, 15) is 0 Å². The van der Waals surface area contributed by atoms with Crippen LogP contribution in [0.1, 0.15) is 31.2 Å². The number of rotatable bonds is 1. The maximum atomic E-state index is 5.98. The molecule has 1 saturated carbocycles. The zero-order valence-electron chi connectivity index (χ0n) is 8.28. The van der Waals surface area contributed by atoms with Crippen molar-refractivity contribution in [2.45, 2.75) is 32.7 Å². The molecule has 3 nitrogen and oxygen atoms in total. The van der Waals surface area contributed by atoms with Gasteiger partial charge in [-0.2, -0.15) is 0 Å². The number of nitrogens with two attached hydrogens (primary N) is 1. The Bertz CT molecular complexity index is 333. The third-order valence-electron chi connectivity index (χ3n) is 3.12. The lowest BCUT2D eigenvalue weighted by molar-refractivity contribution is 0.593.